The summed E-state index contributed by atoms with van der Waals surface area (Å²) >= 11 is 0. The number of hydrogen-bond acceptors (Lipinski definition) is 3. The van der Waals surface area contributed by atoms with E-state index in [4.69, 9.17) is 5.26 Å². The van der Waals surface area contributed by atoms with Crippen molar-refractivity contribution < 1.29 is 14.0 Å². The first-order valence-electron chi connectivity index (χ1n) is 6.77. The highest BCUT2D eigenvalue weighted by atomic mass is 19.1. The summed E-state index contributed by atoms with van der Waals surface area (Å²) in [6.07, 6.45) is 0.805. The predicted molar refractivity (Wildman–Crippen MR) is 73.4 cm³/mol. The Balaban J connectivity index is 1.84. The lowest BCUT2D eigenvalue weighted by molar-refractivity contribution is -0.128. The monoisotopic (exact) mass is 289 g/mol. The Labute approximate surface area is 122 Å². The second-order valence-electron chi connectivity index (χ2n) is 4.99. The molecule has 1 aromatic carbocycles. The topological polar surface area (TPSA) is 73.2 Å². The average molecular weight is 289 g/mol. The van der Waals surface area contributed by atoms with Gasteiger partial charge in [0.15, 0.2) is 0 Å². The Bertz CT molecular complexity index is 565. The fourth-order valence-electron chi connectivity index (χ4n) is 2.35. The predicted octanol–water partition coefficient (Wildman–Crippen LogP) is 0.856. The first-order chi connectivity index (χ1) is 10.1. The van der Waals surface area contributed by atoms with Crippen LogP contribution in [-0.4, -0.2) is 36.3 Å². The van der Waals surface area contributed by atoms with Gasteiger partial charge in [-0.3, -0.25) is 9.59 Å². The lowest BCUT2D eigenvalue weighted by Crippen LogP contribution is -2.33. The van der Waals surface area contributed by atoms with Gasteiger partial charge in [0.1, 0.15) is 12.4 Å². The van der Waals surface area contributed by atoms with Crippen molar-refractivity contribution in [3.05, 3.63) is 35.6 Å². The minimum atomic E-state index is -0.390. The van der Waals surface area contributed by atoms with Gasteiger partial charge in [0.25, 0.3) is 0 Å². The SMILES string of the molecule is N#CCNC(=O)[C@H]1CC(=O)N(CCc2ccc(F)cc2)C1. The summed E-state index contributed by atoms with van der Waals surface area (Å²) in [5, 5.41) is 10.9. The van der Waals surface area contributed by atoms with E-state index in [0.717, 1.165) is 5.56 Å². The average Bonchev–Trinajstić information content (AvgIpc) is 2.85. The standard InChI is InChI=1S/C15H16FN3O2/c16-13-3-1-11(2-4-13)5-8-19-10-12(9-14(19)20)15(21)18-7-6-17/h1-4,12H,5,7-10H2,(H,18,21)/t12-/m0/s1. The third-order valence-corrected chi connectivity index (χ3v) is 3.51. The molecule has 2 amide bonds. The summed E-state index contributed by atoms with van der Waals surface area (Å²) in [5.74, 6) is -0.993. The molecule has 1 aliphatic heterocycles. The van der Waals surface area contributed by atoms with Crippen LogP contribution in [0.5, 0.6) is 0 Å². The number of benzene rings is 1. The zero-order valence-corrected chi connectivity index (χ0v) is 11.5. The number of nitrogens with zero attached hydrogens (tertiary/aromatic N) is 2. The Morgan fingerprint density at radius 1 is 1.43 bits per heavy atom. The molecule has 5 nitrogen and oxygen atoms in total. The van der Waals surface area contributed by atoms with Crippen LogP contribution in [0.2, 0.25) is 0 Å². The van der Waals surface area contributed by atoms with Gasteiger partial charge in [0.05, 0.1) is 12.0 Å². The molecule has 1 aromatic rings. The molecule has 110 valence electrons. The van der Waals surface area contributed by atoms with Crippen LogP contribution in [0, 0.1) is 23.1 Å². The largest absolute Gasteiger partial charge is 0.343 e. The Hall–Kier alpha value is -2.42. The van der Waals surface area contributed by atoms with Crippen LogP contribution >= 0.6 is 0 Å². The molecule has 0 spiro atoms. The van der Waals surface area contributed by atoms with Crippen molar-refractivity contribution in [1.82, 2.24) is 10.2 Å². The van der Waals surface area contributed by atoms with Crippen LogP contribution in [0.15, 0.2) is 24.3 Å². The van der Waals surface area contributed by atoms with Crippen molar-refractivity contribution in [3.8, 4) is 6.07 Å². The van der Waals surface area contributed by atoms with Gasteiger partial charge < -0.3 is 10.2 Å². The zero-order chi connectivity index (χ0) is 15.2. The van der Waals surface area contributed by atoms with Crippen molar-refractivity contribution in [1.29, 1.82) is 5.26 Å². The maximum absolute atomic E-state index is 12.8. The molecular formula is C15H16FN3O2. The number of amides is 2. The fourth-order valence-corrected chi connectivity index (χ4v) is 2.35. The van der Waals surface area contributed by atoms with E-state index in [9.17, 15) is 14.0 Å². The molecule has 21 heavy (non-hydrogen) atoms. The van der Waals surface area contributed by atoms with Crippen molar-refractivity contribution in [2.24, 2.45) is 5.92 Å². The van der Waals surface area contributed by atoms with Gasteiger partial charge in [-0.1, -0.05) is 12.1 Å². The molecule has 1 N–H and O–H groups in total. The molecule has 0 radical (unpaired) electrons. The summed E-state index contributed by atoms with van der Waals surface area (Å²) in [7, 11) is 0. The number of nitriles is 1. The summed E-state index contributed by atoms with van der Waals surface area (Å²) in [6, 6.07) is 7.99. The molecule has 6 heteroatoms. The minimum absolute atomic E-state index is 0.0426. The number of carbonyl (C=O) groups is 2. The first kappa shape index (κ1) is 15.0. The molecule has 1 fully saturated rings. The highest BCUT2D eigenvalue weighted by molar-refractivity contribution is 5.89. The quantitative estimate of drug-likeness (QED) is 0.817. The molecule has 1 saturated heterocycles. The molecule has 0 aromatic heterocycles. The van der Waals surface area contributed by atoms with Crippen molar-refractivity contribution in [2.45, 2.75) is 12.8 Å². The van der Waals surface area contributed by atoms with E-state index in [0.29, 0.717) is 19.5 Å². The van der Waals surface area contributed by atoms with Crippen molar-refractivity contribution in [3.63, 3.8) is 0 Å². The lowest BCUT2D eigenvalue weighted by Gasteiger charge is -2.16. The third-order valence-electron chi connectivity index (χ3n) is 3.51. The maximum atomic E-state index is 12.8. The number of hydrogen-bond donors (Lipinski definition) is 1. The van der Waals surface area contributed by atoms with E-state index in [1.807, 2.05) is 6.07 Å². The smallest absolute Gasteiger partial charge is 0.226 e. The van der Waals surface area contributed by atoms with E-state index in [-0.39, 0.29) is 36.5 Å². The van der Waals surface area contributed by atoms with Gasteiger partial charge in [-0.25, -0.2) is 4.39 Å². The van der Waals surface area contributed by atoms with Gasteiger partial charge in [0.2, 0.25) is 11.8 Å². The second-order valence-corrected chi connectivity index (χ2v) is 4.99. The van der Waals surface area contributed by atoms with E-state index in [1.165, 1.54) is 12.1 Å². The Kier molecular flexibility index (Phi) is 4.88. The van der Waals surface area contributed by atoms with Gasteiger partial charge in [0, 0.05) is 19.5 Å². The number of nitrogens with one attached hydrogen (secondary N) is 1. The maximum Gasteiger partial charge on any atom is 0.226 e. The van der Waals surface area contributed by atoms with Gasteiger partial charge >= 0.3 is 0 Å². The van der Waals surface area contributed by atoms with Crippen molar-refractivity contribution in [2.75, 3.05) is 19.6 Å². The number of rotatable bonds is 5. The van der Waals surface area contributed by atoms with E-state index in [2.05, 4.69) is 5.32 Å². The molecule has 2 rings (SSSR count). The summed E-state index contributed by atoms with van der Waals surface area (Å²) in [5.41, 5.74) is 0.946. The lowest BCUT2D eigenvalue weighted by atomic mass is 10.1. The van der Waals surface area contributed by atoms with Gasteiger partial charge in [-0.15, -0.1) is 0 Å². The van der Waals surface area contributed by atoms with Crippen LogP contribution in [0.1, 0.15) is 12.0 Å². The molecular weight excluding hydrogens is 273 g/mol. The normalized spacial score (nSPS) is 17.6. The van der Waals surface area contributed by atoms with E-state index < -0.39 is 0 Å². The van der Waals surface area contributed by atoms with Crippen molar-refractivity contribution >= 4 is 11.8 Å². The summed E-state index contributed by atoms with van der Waals surface area (Å²) in [6.45, 7) is 0.836. The van der Waals surface area contributed by atoms with Crippen LogP contribution in [0.3, 0.4) is 0 Å². The molecule has 0 unspecified atom stereocenters. The van der Waals surface area contributed by atoms with Crippen LogP contribution in [0.25, 0.3) is 0 Å². The number of halogens is 1. The molecule has 0 bridgehead atoms. The van der Waals surface area contributed by atoms with E-state index in [1.54, 1.807) is 17.0 Å². The molecule has 1 aliphatic rings. The van der Waals surface area contributed by atoms with Gasteiger partial charge in [-0.2, -0.15) is 5.26 Å². The third kappa shape index (κ3) is 4.02. The highest BCUT2D eigenvalue weighted by Gasteiger charge is 2.33. The minimum Gasteiger partial charge on any atom is -0.343 e. The van der Waals surface area contributed by atoms with Gasteiger partial charge in [-0.05, 0) is 24.1 Å². The van der Waals surface area contributed by atoms with Crippen LogP contribution < -0.4 is 5.32 Å². The molecule has 1 atom stereocenters. The molecule has 1 heterocycles. The highest BCUT2D eigenvalue weighted by Crippen LogP contribution is 2.18. The summed E-state index contributed by atoms with van der Waals surface area (Å²) in [4.78, 5) is 25.2. The molecule has 0 saturated carbocycles. The Morgan fingerprint density at radius 3 is 2.81 bits per heavy atom. The van der Waals surface area contributed by atoms with E-state index >= 15 is 0 Å². The zero-order valence-electron chi connectivity index (χ0n) is 11.5. The summed E-state index contributed by atoms with van der Waals surface area (Å²) < 4.78 is 12.8. The van der Waals surface area contributed by atoms with Crippen LogP contribution in [-0.2, 0) is 16.0 Å². The number of likely N-dealkylation sites (tertiary alicyclic amines) is 1. The van der Waals surface area contributed by atoms with Crippen LogP contribution in [0.4, 0.5) is 4.39 Å². The fraction of sp³-hybridized carbons (Fsp3) is 0.400. The Morgan fingerprint density at radius 2 is 2.14 bits per heavy atom. The molecule has 0 aliphatic carbocycles. The second kappa shape index (κ2) is 6.84. The first-order valence-corrected chi connectivity index (χ1v) is 6.77. The number of carbonyl (C=O) groups excluding carboxylic acids is 2.